The van der Waals surface area contributed by atoms with Gasteiger partial charge in [0.2, 0.25) is 0 Å². The van der Waals surface area contributed by atoms with Crippen molar-refractivity contribution < 1.29 is 4.74 Å². The Morgan fingerprint density at radius 2 is 1.93 bits per heavy atom. The first-order valence-electron chi connectivity index (χ1n) is 6.59. The molecule has 2 heteroatoms. The first-order valence-corrected chi connectivity index (χ1v) is 6.59. The van der Waals surface area contributed by atoms with Crippen molar-refractivity contribution in [1.82, 2.24) is 5.32 Å². The Morgan fingerprint density at radius 1 is 1.13 bits per heavy atom. The highest BCUT2D eigenvalue weighted by molar-refractivity contribution is 4.50. The Labute approximate surface area is 95.8 Å². The molecule has 0 spiro atoms. The molecule has 0 saturated carbocycles. The minimum Gasteiger partial charge on any atom is -0.381 e. The number of rotatable bonds is 11. The van der Waals surface area contributed by atoms with Gasteiger partial charge in [0, 0.05) is 13.2 Å². The molecule has 0 fully saturated rings. The highest BCUT2D eigenvalue weighted by Gasteiger charge is 1.99. The van der Waals surface area contributed by atoms with Gasteiger partial charge in [0.1, 0.15) is 0 Å². The first kappa shape index (κ1) is 14.9. The molecule has 1 atom stereocenters. The molecule has 0 aliphatic heterocycles. The SMILES string of the molecule is CCCC(C)COCCCCCNCC. The fourth-order valence-electron chi connectivity index (χ4n) is 1.67. The van der Waals surface area contributed by atoms with E-state index in [1.807, 2.05) is 0 Å². The molecular weight excluding hydrogens is 186 g/mol. The summed E-state index contributed by atoms with van der Waals surface area (Å²) < 4.78 is 5.63. The van der Waals surface area contributed by atoms with Gasteiger partial charge in [-0.1, -0.05) is 27.2 Å². The molecule has 0 aliphatic rings. The minimum absolute atomic E-state index is 0.733. The van der Waals surface area contributed by atoms with E-state index >= 15 is 0 Å². The Bertz CT molecular complexity index is 117. The van der Waals surface area contributed by atoms with Crippen LogP contribution < -0.4 is 5.32 Å². The van der Waals surface area contributed by atoms with Gasteiger partial charge < -0.3 is 10.1 Å². The van der Waals surface area contributed by atoms with E-state index in [1.165, 1.54) is 32.1 Å². The van der Waals surface area contributed by atoms with Gasteiger partial charge in [0.05, 0.1) is 0 Å². The maximum Gasteiger partial charge on any atom is 0.0491 e. The Kier molecular flexibility index (Phi) is 11.9. The van der Waals surface area contributed by atoms with Crippen LogP contribution in [0.2, 0.25) is 0 Å². The predicted octanol–water partition coefficient (Wildman–Crippen LogP) is 3.22. The largest absolute Gasteiger partial charge is 0.381 e. The van der Waals surface area contributed by atoms with Crippen LogP contribution in [0.1, 0.15) is 52.9 Å². The summed E-state index contributed by atoms with van der Waals surface area (Å²) in [7, 11) is 0. The number of nitrogens with one attached hydrogen (secondary N) is 1. The van der Waals surface area contributed by atoms with Crippen LogP contribution in [-0.4, -0.2) is 26.3 Å². The zero-order chi connectivity index (χ0) is 11.4. The molecule has 1 unspecified atom stereocenters. The molecule has 0 bridgehead atoms. The smallest absolute Gasteiger partial charge is 0.0491 e. The van der Waals surface area contributed by atoms with Crippen LogP contribution in [0, 0.1) is 5.92 Å². The molecule has 0 heterocycles. The summed E-state index contributed by atoms with van der Waals surface area (Å²) in [5.74, 6) is 0.733. The van der Waals surface area contributed by atoms with Gasteiger partial charge in [0.25, 0.3) is 0 Å². The molecule has 0 radical (unpaired) electrons. The van der Waals surface area contributed by atoms with E-state index < -0.39 is 0 Å². The lowest BCUT2D eigenvalue weighted by atomic mass is 10.1. The third kappa shape index (κ3) is 11.8. The summed E-state index contributed by atoms with van der Waals surface area (Å²) in [5.41, 5.74) is 0. The van der Waals surface area contributed by atoms with Crippen molar-refractivity contribution >= 4 is 0 Å². The van der Waals surface area contributed by atoms with Crippen LogP contribution in [0.5, 0.6) is 0 Å². The summed E-state index contributed by atoms with van der Waals surface area (Å²) in [6, 6.07) is 0. The fourth-order valence-corrected chi connectivity index (χ4v) is 1.67. The average molecular weight is 215 g/mol. The van der Waals surface area contributed by atoms with E-state index in [4.69, 9.17) is 4.74 Å². The minimum atomic E-state index is 0.733. The number of ether oxygens (including phenoxy) is 1. The standard InChI is InChI=1S/C13H29NO/c1-4-9-13(3)12-15-11-8-6-7-10-14-5-2/h13-14H,4-12H2,1-3H3. The van der Waals surface area contributed by atoms with Gasteiger partial charge in [-0.2, -0.15) is 0 Å². The van der Waals surface area contributed by atoms with E-state index in [9.17, 15) is 0 Å². The molecule has 92 valence electrons. The molecule has 0 saturated heterocycles. The molecule has 0 aromatic heterocycles. The molecule has 0 aromatic rings. The molecule has 1 N–H and O–H groups in total. The third-order valence-electron chi connectivity index (χ3n) is 2.58. The molecule has 0 rings (SSSR count). The van der Waals surface area contributed by atoms with E-state index in [1.54, 1.807) is 0 Å². The summed E-state index contributed by atoms with van der Waals surface area (Å²) >= 11 is 0. The Hall–Kier alpha value is -0.0800. The van der Waals surface area contributed by atoms with Crippen LogP contribution in [-0.2, 0) is 4.74 Å². The maximum absolute atomic E-state index is 5.63. The van der Waals surface area contributed by atoms with Crippen molar-refractivity contribution in [2.24, 2.45) is 5.92 Å². The zero-order valence-electron chi connectivity index (χ0n) is 10.8. The lowest BCUT2D eigenvalue weighted by Crippen LogP contribution is -2.14. The van der Waals surface area contributed by atoms with Crippen LogP contribution in [0.15, 0.2) is 0 Å². The van der Waals surface area contributed by atoms with Crippen LogP contribution in [0.3, 0.4) is 0 Å². The van der Waals surface area contributed by atoms with Gasteiger partial charge in [0.15, 0.2) is 0 Å². The first-order chi connectivity index (χ1) is 7.31. The quantitative estimate of drug-likeness (QED) is 0.534. The molecule has 0 aliphatic carbocycles. The molecule has 15 heavy (non-hydrogen) atoms. The second-order valence-electron chi connectivity index (χ2n) is 4.38. The molecular formula is C13H29NO. The summed E-state index contributed by atoms with van der Waals surface area (Å²) in [6.45, 7) is 10.8. The number of hydrogen-bond acceptors (Lipinski definition) is 2. The van der Waals surface area contributed by atoms with Gasteiger partial charge in [-0.25, -0.2) is 0 Å². The molecule has 0 aromatic carbocycles. The van der Waals surface area contributed by atoms with Crippen LogP contribution in [0.25, 0.3) is 0 Å². The highest BCUT2D eigenvalue weighted by Crippen LogP contribution is 2.05. The molecule has 0 amide bonds. The lowest BCUT2D eigenvalue weighted by Gasteiger charge is -2.10. The van der Waals surface area contributed by atoms with Crippen molar-refractivity contribution in [2.75, 3.05) is 26.3 Å². The van der Waals surface area contributed by atoms with E-state index in [-0.39, 0.29) is 0 Å². The third-order valence-corrected chi connectivity index (χ3v) is 2.58. The van der Waals surface area contributed by atoms with Gasteiger partial charge in [-0.15, -0.1) is 0 Å². The van der Waals surface area contributed by atoms with E-state index in [0.717, 1.165) is 32.2 Å². The lowest BCUT2D eigenvalue weighted by molar-refractivity contribution is 0.0984. The van der Waals surface area contributed by atoms with Crippen LogP contribution in [0.4, 0.5) is 0 Å². The molecule has 2 nitrogen and oxygen atoms in total. The number of hydrogen-bond donors (Lipinski definition) is 1. The summed E-state index contributed by atoms with van der Waals surface area (Å²) in [6.07, 6.45) is 6.34. The van der Waals surface area contributed by atoms with Crippen LogP contribution >= 0.6 is 0 Å². The average Bonchev–Trinajstić information content (AvgIpc) is 2.22. The second kappa shape index (κ2) is 12.0. The summed E-state index contributed by atoms with van der Waals surface area (Å²) in [4.78, 5) is 0. The van der Waals surface area contributed by atoms with Crippen molar-refractivity contribution in [2.45, 2.75) is 52.9 Å². The Balaban J connectivity index is 2.98. The second-order valence-corrected chi connectivity index (χ2v) is 4.38. The highest BCUT2D eigenvalue weighted by atomic mass is 16.5. The zero-order valence-corrected chi connectivity index (χ0v) is 10.8. The van der Waals surface area contributed by atoms with Gasteiger partial charge in [-0.05, 0) is 44.7 Å². The summed E-state index contributed by atoms with van der Waals surface area (Å²) in [5, 5.41) is 3.33. The Morgan fingerprint density at radius 3 is 2.60 bits per heavy atom. The van der Waals surface area contributed by atoms with Crippen molar-refractivity contribution in [3.63, 3.8) is 0 Å². The monoisotopic (exact) mass is 215 g/mol. The van der Waals surface area contributed by atoms with Gasteiger partial charge in [-0.3, -0.25) is 0 Å². The maximum atomic E-state index is 5.63. The van der Waals surface area contributed by atoms with E-state index in [2.05, 4.69) is 26.1 Å². The predicted molar refractivity (Wildman–Crippen MR) is 67.3 cm³/mol. The number of unbranched alkanes of at least 4 members (excludes halogenated alkanes) is 2. The van der Waals surface area contributed by atoms with Crippen molar-refractivity contribution in [3.8, 4) is 0 Å². The fraction of sp³-hybridized carbons (Fsp3) is 1.00. The van der Waals surface area contributed by atoms with Crippen molar-refractivity contribution in [1.29, 1.82) is 0 Å². The van der Waals surface area contributed by atoms with Crippen molar-refractivity contribution in [3.05, 3.63) is 0 Å². The topological polar surface area (TPSA) is 21.3 Å². The van der Waals surface area contributed by atoms with E-state index in [0.29, 0.717) is 0 Å². The normalized spacial score (nSPS) is 13.0. The van der Waals surface area contributed by atoms with Gasteiger partial charge >= 0.3 is 0 Å².